The largest absolute Gasteiger partial charge is 0.462 e. The molecule has 0 atom stereocenters. The van der Waals surface area contributed by atoms with Crippen molar-refractivity contribution >= 4 is 17.7 Å². The number of amides is 1. The summed E-state index contributed by atoms with van der Waals surface area (Å²) in [5.74, 6) is -0.483. The maximum absolute atomic E-state index is 12.2. The number of aromatic amines is 1. The molecule has 9 heteroatoms. The van der Waals surface area contributed by atoms with Crippen molar-refractivity contribution in [1.29, 1.82) is 0 Å². The molecule has 2 aromatic rings. The van der Waals surface area contributed by atoms with Gasteiger partial charge in [-0.3, -0.25) is 4.79 Å². The van der Waals surface area contributed by atoms with E-state index in [-0.39, 0.29) is 29.7 Å². The van der Waals surface area contributed by atoms with Crippen molar-refractivity contribution in [1.82, 2.24) is 19.5 Å². The van der Waals surface area contributed by atoms with Crippen molar-refractivity contribution < 1.29 is 19.1 Å². The fourth-order valence-electron chi connectivity index (χ4n) is 3.35. The molecular formula is C19H26N4O5. The zero-order valence-electron chi connectivity index (χ0n) is 16.7. The highest BCUT2D eigenvalue weighted by atomic mass is 16.6. The number of hydrogen-bond donors (Lipinski definition) is 1. The van der Waals surface area contributed by atoms with E-state index >= 15 is 0 Å². The molecule has 0 aliphatic carbocycles. The number of aromatic nitrogens is 3. The van der Waals surface area contributed by atoms with Crippen molar-refractivity contribution in [2.75, 3.05) is 19.7 Å². The van der Waals surface area contributed by atoms with Gasteiger partial charge in [-0.05, 0) is 40.5 Å². The summed E-state index contributed by atoms with van der Waals surface area (Å²) < 4.78 is 12.0. The molecule has 9 nitrogen and oxygen atoms in total. The van der Waals surface area contributed by atoms with Crippen LogP contribution in [-0.4, -0.2) is 56.9 Å². The number of ether oxygens (including phenoxy) is 2. The van der Waals surface area contributed by atoms with Gasteiger partial charge < -0.3 is 19.4 Å². The van der Waals surface area contributed by atoms with Gasteiger partial charge in [-0.25, -0.2) is 14.1 Å². The molecular weight excluding hydrogens is 364 g/mol. The number of rotatable bonds is 3. The summed E-state index contributed by atoms with van der Waals surface area (Å²) >= 11 is 0. The molecule has 152 valence electrons. The number of piperidine rings is 1. The third-order valence-corrected chi connectivity index (χ3v) is 4.59. The lowest BCUT2D eigenvalue weighted by Crippen LogP contribution is -2.41. The summed E-state index contributed by atoms with van der Waals surface area (Å²) in [4.78, 5) is 40.9. The SMILES string of the molecule is CCOC(=O)c1cnn2c(C3CCN(C(=O)OC(C)(C)C)CC3)cc(=O)[nH]c12. The van der Waals surface area contributed by atoms with Crippen molar-refractivity contribution in [3.8, 4) is 0 Å². The molecule has 0 bridgehead atoms. The lowest BCUT2D eigenvalue weighted by atomic mass is 9.93. The molecule has 1 aliphatic rings. The summed E-state index contributed by atoms with van der Waals surface area (Å²) in [5, 5.41) is 4.28. The average molecular weight is 390 g/mol. The number of esters is 1. The molecule has 2 aromatic heterocycles. The Hall–Kier alpha value is -2.84. The van der Waals surface area contributed by atoms with Crippen LogP contribution in [0.25, 0.3) is 5.65 Å². The summed E-state index contributed by atoms with van der Waals surface area (Å²) in [6, 6.07) is 1.50. The van der Waals surface area contributed by atoms with E-state index in [2.05, 4.69) is 10.1 Å². The van der Waals surface area contributed by atoms with E-state index < -0.39 is 11.6 Å². The minimum Gasteiger partial charge on any atom is -0.462 e. The van der Waals surface area contributed by atoms with Gasteiger partial charge in [0.25, 0.3) is 5.56 Å². The molecule has 0 radical (unpaired) electrons. The zero-order chi connectivity index (χ0) is 20.5. The summed E-state index contributed by atoms with van der Waals surface area (Å²) in [6.07, 6.45) is 2.42. The van der Waals surface area contributed by atoms with Crippen molar-refractivity contribution in [2.24, 2.45) is 0 Å². The topological polar surface area (TPSA) is 106 Å². The van der Waals surface area contributed by atoms with Gasteiger partial charge in [0.1, 0.15) is 11.2 Å². The maximum atomic E-state index is 12.2. The Kier molecular flexibility index (Phi) is 5.44. The molecule has 0 spiro atoms. The smallest absolute Gasteiger partial charge is 0.410 e. The van der Waals surface area contributed by atoms with E-state index in [1.54, 1.807) is 16.3 Å². The predicted molar refractivity (Wildman–Crippen MR) is 102 cm³/mol. The maximum Gasteiger partial charge on any atom is 0.410 e. The Morgan fingerprint density at radius 2 is 1.96 bits per heavy atom. The molecule has 1 N–H and O–H groups in total. The Labute approximate surface area is 162 Å². The van der Waals surface area contributed by atoms with Crippen LogP contribution in [-0.2, 0) is 9.47 Å². The Morgan fingerprint density at radius 1 is 1.29 bits per heavy atom. The zero-order valence-corrected chi connectivity index (χ0v) is 16.7. The first kappa shape index (κ1) is 19.9. The second-order valence-corrected chi connectivity index (χ2v) is 7.84. The number of H-pyrrole nitrogens is 1. The van der Waals surface area contributed by atoms with Gasteiger partial charge in [-0.15, -0.1) is 0 Å². The van der Waals surface area contributed by atoms with Crippen LogP contribution in [0.5, 0.6) is 0 Å². The second kappa shape index (κ2) is 7.65. The van der Waals surface area contributed by atoms with Crippen LogP contribution < -0.4 is 5.56 Å². The van der Waals surface area contributed by atoms with Crippen molar-refractivity contribution in [2.45, 2.75) is 52.1 Å². The van der Waals surface area contributed by atoms with Gasteiger partial charge in [0.05, 0.1) is 18.5 Å². The van der Waals surface area contributed by atoms with E-state index in [1.807, 2.05) is 20.8 Å². The number of likely N-dealkylation sites (tertiary alicyclic amines) is 1. The first-order chi connectivity index (χ1) is 13.2. The standard InChI is InChI=1S/C19H26N4O5/c1-5-27-17(25)13-11-20-23-14(10-15(24)21-16(13)23)12-6-8-22(9-7-12)18(26)28-19(2,3)4/h10-12H,5-9H2,1-4H3,(H,21,24). The highest BCUT2D eigenvalue weighted by molar-refractivity contribution is 5.95. The Bertz CT molecular complexity index is 932. The normalized spacial score (nSPS) is 15.6. The minimum absolute atomic E-state index is 0.0402. The van der Waals surface area contributed by atoms with Crippen LogP contribution in [0.3, 0.4) is 0 Å². The van der Waals surface area contributed by atoms with Crippen LogP contribution in [0.1, 0.15) is 62.5 Å². The van der Waals surface area contributed by atoms with Crippen molar-refractivity contribution in [3.63, 3.8) is 0 Å². The lowest BCUT2D eigenvalue weighted by Gasteiger charge is -2.33. The number of carbonyl (C=O) groups excluding carboxylic acids is 2. The Morgan fingerprint density at radius 3 is 2.57 bits per heavy atom. The van der Waals surface area contributed by atoms with E-state index in [4.69, 9.17) is 9.47 Å². The molecule has 0 aromatic carbocycles. The summed E-state index contributed by atoms with van der Waals surface area (Å²) in [5.41, 5.74) is 0.439. The van der Waals surface area contributed by atoms with Crippen LogP contribution in [0.2, 0.25) is 0 Å². The molecule has 0 saturated carbocycles. The van der Waals surface area contributed by atoms with Crippen LogP contribution in [0.15, 0.2) is 17.1 Å². The van der Waals surface area contributed by atoms with E-state index in [9.17, 15) is 14.4 Å². The van der Waals surface area contributed by atoms with Gasteiger partial charge in [0.2, 0.25) is 0 Å². The number of carbonyl (C=O) groups is 2. The van der Waals surface area contributed by atoms with Crippen LogP contribution in [0.4, 0.5) is 4.79 Å². The summed E-state index contributed by atoms with van der Waals surface area (Å²) in [7, 11) is 0. The van der Waals surface area contributed by atoms with E-state index in [1.165, 1.54) is 12.3 Å². The molecule has 1 amide bonds. The van der Waals surface area contributed by atoms with Gasteiger partial charge in [-0.2, -0.15) is 5.10 Å². The van der Waals surface area contributed by atoms with Gasteiger partial charge >= 0.3 is 12.1 Å². The molecule has 28 heavy (non-hydrogen) atoms. The highest BCUT2D eigenvalue weighted by Crippen LogP contribution is 2.28. The monoisotopic (exact) mass is 390 g/mol. The number of nitrogens with zero attached hydrogens (tertiary/aromatic N) is 3. The fraction of sp³-hybridized carbons (Fsp3) is 0.579. The first-order valence-electron chi connectivity index (χ1n) is 9.45. The Balaban J connectivity index is 1.81. The lowest BCUT2D eigenvalue weighted by molar-refractivity contribution is 0.0203. The second-order valence-electron chi connectivity index (χ2n) is 7.84. The third-order valence-electron chi connectivity index (χ3n) is 4.59. The van der Waals surface area contributed by atoms with Gasteiger partial charge in [0.15, 0.2) is 5.65 Å². The van der Waals surface area contributed by atoms with Crippen LogP contribution >= 0.6 is 0 Å². The first-order valence-corrected chi connectivity index (χ1v) is 9.45. The summed E-state index contributed by atoms with van der Waals surface area (Å²) in [6.45, 7) is 8.52. The number of hydrogen-bond acceptors (Lipinski definition) is 6. The van der Waals surface area contributed by atoms with E-state index in [0.29, 0.717) is 31.6 Å². The molecule has 3 heterocycles. The predicted octanol–water partition coefficient (Wildman–Crippen LogP) is 2.31. The molecule has 1 aliphatic heterocycles. The average Bonchev–Trinajstić information content (AvgIpc) is 3.03. The third kappa shape index (κ3) is 4.18. The van der Waals surface area contributed by atoms with Gasteiger partial charge in [0, 0.05) is 25.1 Å². The molecule has 0 unspecified atom stereocenters. The molecule has 3 rings (SSSR count). The highest BCUT2D eigenvalue weighted by Gasteiger charge is 2.29. The fourth-order valence-corrected chi connectivity index (χ4v) is 3.35. The van der Waals surface area contributed by atoms with Gasteiger partial charge in [-0.1, -0.05) is 0 Å². The minimum atomic E-state index is -0.536. The van der Waals surface area contributed by atoms with Crippen LogP contribution in [0, 0.1) is 0 Å². The number of nitrogens with one attached hydrogen (secondary N) is 1. The van der Waals surface area contributed by atoms with E-state index in [0.717, 1.165) is 5.69 Å². The quantitative estimate of drug-likeness (QED) is 0.806. The molecule has 1 fully saturated rings. The molecule has 1 saturated heterocycles. The van der Waals surface area contributed by atoms with Crippen molar-refractivity contribution in [3.05, 3.63) is 33.9 Å². The number of fused-ring (bicyclic) bond motifs is 1.